The number of benzene rings is 1. The second-order valence-electron chi connectivity index (χ2n) is 5.96. The zero-order valence-electron chi connectivity index (χ0n) is 12.9. The molecule has 1 aromatic rings. The van der Waals surface area contributed by atoms with Gasteiger partial charge in [0.1, 0.15) is 6.04 Å². The van der Waals surface area contributed by atoms with Crippen LogP contribution in [0.4, 0.5) is 0 Å². The highest BCUT2D eigenvalue weighted by molar-refractivity contribution is 7.89. The Kier molecular flexibility index (Phi) is 5.06. The number of sulfonamides is 1. The summed E-state index contributed by atoms with van der Waals surface area (Å²) < 4.78 is 26.9. The number of rotatable bonds is 7. The molecule has 2 rings (SSSR count). The number of hydrogen-bond acceptors (Lipinski definition) is 4. The summed E-state index contributed by atoms with van der Waals surface area (Å²) in [5, 5.41) is 11.9. The lowest BCUT2D eigenvalue weighted by atomic mass is 10.1. The van der Waals surface area contributed by atoms with Crippen LogP contribution in [0.25, 0.3) is 0 Å². The van der Waals surface area contributed by atoms with Crippen LogP contribution < -0.4 is 10.0 Å². The summed E-state index contributed by atoms with van der Waals surface area (Å²) in [6.07, 6.45) is 1.86. The van der Waals surface area contributed by atoms with Crippen LogP contribution in [0, 0.1) is 5.92 Å². The maximum absolute atomic E-state index is 12.4. The predicted molar refractivity (Wildman–Crippen MR) is 83.5 cm³/mol. The predicted octanol–water partition coefficient (Wildman–Crippen LogP) is 0.966. The third-order valence-corrected chi connectivity index (χ3v) is 4.97. The lowest BCUT2D eigenvalue weighted by Gasteiger charge is -2.18. The third-order valence-electron chi connectivity index (χ3n) is 3.53. The Hall–Kier alpha value is -1.93. The highest BCUT2D eigenvalue weighted by Crippen LogP contribution is 2.20. The molecule has 0 saturated heterocycles. The van der Waals surface area contributed by atoms with E-state index in [1.807, 2.05) is 0 Å². The van der Waals surface area contributed by atoms with Gasteiger partial charge in [-0.05, 0) is 37.0 Å². The molecular weight excluding hydrogens is 320 g/mol. The Morgan fingerprint density at radius 2 is 1.91 bits per heavy atom. The third kappa shape index (κ3) is 4.52. The Morgan fingerprint density at radius 3 is 2.43 bits per heavy atom. The highest BCUT2D eigenvalue weighted by Gasteiger charge is 2.29. The summed E-state index contributed by atoms with van der Waals surface area (Å²) >= 11 is 0. The molecule has 1 aromatic carbocycles. The summed E-state index contributed by atoms with van der Waals surface area (Å²) in [7, 11) is -4.03. The lowest BCUT2D eigenvalue weighted by molar-refractivity contribution is -0.140. The van der Waals surface area contributed by atoms with Gasteiger partial charge in [-0.3, -0.25) is 9.59 Å². The average Bonchev–Trinajstić information content (AvgIpc) is 3.28. The molecule has 8 heteroatoms. The van der Waals surface area contributed by atoms with Gasteiger partial charge < -0.3 is 10.4 Å². The van der Waals surface area contributed by atoms with E-state index in [2.05, 4.69) is 10.0 Å². The summed E-state index contributed by atoms with van der Waals surface area (Å²) in [6, 6.07) is 4.49. The molecule has 1 atom stereocenters. The molecule has 1 amide bonds. The normalized spacial score (nSPS) is 16.1. The van der Waals surface area contributed by atoms with Gasteiger partial charge >= 0.3 is 5.97 Å². The number of nitrogens with one attached hydrogen (secondary N) is 2. The van der Waals surface area contributed by atoms with Crippen LogP contribution in [0.5, 0.6) is 0 Å². The van der Waals surface area contributed by atoms with E-state index >= 15 is 0 Å². The Balaban J connectivity index is 2.21. The Bertz CT molecular complexity index is 710. The molecule has 126 valence electrons. The van der Waals surface area contributed by atoms with E-state index in [1.54, 1.807) is 13.8 Å². The number of carboxylic acids is 1. The van der Waals surface area contributed by atoms with Crippen molar-refractivity contribution in [3.8, 4) is 0 Å². The van der Waals surface area contributed by atoms with E-state index in [0.717, 1.165) is 12.8 Å². The quantitative estimate of drug-likeness (QED) is 0.684. The van der Waals surface area contributed by atoms with Crippen LogP contribution in [0.2, 0.25) is 0 Å². The van der Waals surface area contributed by atoms with E-state index in [4.69, 9.17) is 5.11 Å². The minimum Gasteiger partial charge on any atom is -0.480 e. The van der Waals surface area contributed by atoms with Crippen LogP contribution in [0.1, 0.15) is 37.0 Å². The standard InChI is InChI=1S/C15H20N2O5S/c1-9(2)13(15(19)20)17-23(21,22)12-5-3-4-10(8-12)14(18)16-11-6-7-11/h3-5,8-9,11,13,17H,6-7H2,1-2H3,(H,16,18)(H,19,20). The zero-order valence-corrected chi connectivity index (χ0v) is 13.8. The van der Waals surface area contributed by atoms with E-state index < -0.39 is 28.0 Å². The van der Waals surface area contributed by atoms with Gasteiger partial charge in [0.15, 0.2) is 0 Å². The van der Waals surface area contributed by atoms with Crippen molar-refractivity contribution >= 4 is 21.9 Å². The molecule has 0 radical (unpaired) electrons. The maximum Gasteiger partial charge on any atom is 0.322 e. The van der Waals surface area contributed by atoms with Crippen molar-refractivity contribution in [3.05, 3.63) is 29.8 Å². The van der Waals surface area contributed by atoms with Gasteiger partial charge in [-0.25, -0.2) is 8.42 Å². The monoisotopic (exact) mass is 340 g/mol. The van der Waals surface area contributed by atoms with Crippen LogP contribution in [0.15, 0.2) is 29.2 Å². The second kappa shape index (κ2) is 6.67. The van der Waals surface area contributed by atoms with Gasteiger partial charge in [-0.1, -0.05) is 19.9 Å². The van der Waals surface area contributed by atoms with Gasteiger partial charge in [-0.2, -0.15) is 4.72 Å². The summed E-state index contributed by atoms with van der Waals surface area (Å²) in [6.45, 7) is 3.22. The minimum absolute atomic E-state index is 0.132. The molecule has 1 saturated carbocycles. The second-order valence-corrected chi connectivity index (χ2v) is 7.67. The van der Waals surface area contributed by atoms with Crippen molar-refractivity contribution < 1.29 is 23.1 Å². The van der Waals surface area contributed by atoms with Gasteiger partial charge in [0.05, 0.1) is 4.90 Å². The van der Waals surface area contributed by atoms with Crippen LogP contribution >= 0.6 is 0 Å². The molecule has 1 aliphatic carbocycles. The van der Waals surface area contributed by atoms with Gasteiger partial charge in [0.2, 0.25) is 10.0 Å². The Morgan fingerprint density at radius 1 is 1.26 bits per heavy atom. The zero-order chi connectivity index (χ0) is 17.2. The van der Waals surface area contributed by atoms with Crippen molar-refractivity contribution in [3.63, 3.8) is 0 Å². The number of hydrogen-bond donors (Lipinski definition) is 3. The molecule has 0 aromatic heterocycles. The fourth-order valence-corrected chi connectivity index (χ4v) is 3.39. The first-order valence-electron chi connectivity index (χ1n) is 7.37. The number of carbonyl (C=O) groups excluding carboxylic acids is 1. The van der Waals surface area contributed by atoms with Gasteiger partial charge in [0.25, 0.3) is 5.91 Å². The molecule has 23 heavy (non-hydrogen) atoms. The average molecular weight is 340 g/mol. The molecule has 3 N–H and O–H groups in total. The SMILES string of the molecule is CC(C)C(NS(=O)(=O)c1cccc(C(=O)NC2CC2)c1)C(=O)O. The largest absolute Gasteiger partial charge is 0.480 e. The number of carbonyl (C=O) groups is 2. The fraction of sp³-hybridized carbons (Fsp3) is 0.467. The molecule has 7 nitrogen and oxygen atoms in total. The van der Waals surface area contributed by atoms with Crippen LogP contribution in [-0.4, -0.2) is 37.5 Å². The van der Waals surface area contributed by atoms with Crippen molar-refractivity contribution in [2.75, 3.05) is 0 Å². The topological polar surface area (TPSA) is 113 Å². The molecule has 1 unspecified atom stereocenters. The van der Waals surface area contributed by atoms with Gasteiger partial charge in [0, 0.05) is 11.6 Å². The van der Waals surface area contributed by atoms with Crippen LogP contribution in [0.3, 0.4) is 0 Å². The molecule has 1 fully saturated rings. The first-order chi connectivity index (χ1) is 10.7. The molecule has 0 heterocycles. The van der Waals surface area contributed by atoms with E-state index in [9.17, 15) is 18.0 Å². The van der Waals surface area contributed by atoms with Gasteiger partial charge in [-0.15, -0.1) is 0 Å². The van der Waals surface area contributed by atoms with E-state index in [1.165, 1.54) is 24.3 Å². The number of amides is 1. The summed E-state index contributed by atoms with van der Waals surface area (Å²) in [4.78, 5) is 23.0. The molecule has 0 spiro atoms. The molecule has 0 aliphatic heterocycles. The number of aliphatic carboxylic acids is 1. The molecular formula is C15H20N2O5S. The summed E-state index contributed by atoms with van der Waals surface area (Å²) in [5.74, 6) is -1.99. The fourth-order valence-electron chi connectivity index (χ4n) is 2.01. The van der Waals surface area contributed by atoms with E-state index in [-0.39, 0.29) is 22.4 Å². The van der Waals surface area contributed by atoms with Crippen molar-refractivity contribution in [2.45, 2.75) is 43.7 Å². The van der Waals surface area contributed by atoms with Crippen molar-refractivity contribution in [1.29, 1.82) is 0 Å². The minimum atomic E-state index is -4.03. The summed E-state index contributed by atoms with van der Waals surface area (Å²) in [5.41, 5.74) is 0.233. The van der Waals surface area contributed by atoms with Crippen molar-refractivity contribution in [2.24, 2.45) is 5.92 Å². The highest BCUT2D eigenvalue weighted by atomic mass is 32.2. The lowest BCUT2D eigenvalue weighted by Crippen LogP contribution is -2.44. The first kappa shape index (κ1) is 17.4. The van der Waals surface area contributed by atoms with Crippen molar-refractivity contribution in [1.82, 2.24) is 10.0 Å². The van der Waals surface area contributed by atoms with Crippen LogP contribution in [-0.2, 0) is 14.8 Å². The number of carboxylic acid groups (broad SMARTS) is 1. The smallest absolute Gasteiger partial charge is 0.322 e. The maximum atomic E-state index is 12.4. The first-order valence-corrected chi connectivity index (χ1v) is 8.85. The van der Waals surface area contributed by atoms with E-state index in [0.29, 0.717) is 0 Å². The Labute approximate surface area is 135 Å². The molecule has 0 bridgehead atoms. The molecule has 1 aliphatic rings.